The molecule has 0 aromatic heterocycles. The van der Waals surface area contributed by atoms with Gasteiger partial charge in [0.1, 0.15) is 12.1 Å². The second-order valence-corrected chi connectivity index (χ2v) is 5.55. The molecule has 0 saturated carbocycles. The Hall–Kier alpha value is -2.10. The highest BCUT2D eigenvalue weighted by molar-refractivity contribution is 5.97. The van der Waals surface area contributed by atoms with Crippen molar-refractivity contribution in [3.63, 3.8) is 0 Å². The van der Waals surface area contributed by atoms with Crippen LogP contribution in [0.25, 0.3) is 0 Å². The molecule has 0 radical (unpaired) electrons. The number of hydrogen-bond acceptors (Lipinski definition) is 2. The Balaban J connectivity index is 2.29. The van der Waals surface area contributed by atoms with Gasteiger partial charge in [0.2, 0.25) is 5.91 Å². The van der Waals surface area contributed by atoms with Crippen LogP contribution >= 0.6 is 0 Å². The summed E-state index contributed by atoms with van der Waals surface area (Å²) in [5.41, 5.74) is 1.97. The van der Waals surface area contributed by atoms with Gasteiger partial charge in [-0.3, -0.25) is 9.59 Å². The Morgan fingerprint density at radius 2 is 1.90 bits per heavy atom. The van der Waals surface area contributed by atoms with E-state index in [4.69, 9.17) is 0 Å². The van der Waals surface area contributed by atoms with Crippen molar-refractivity contribution in [1.82, 2.24) is 10.2 Å². The Morgan fingerprint density at radius 1 is 1.24 bits per heavy atom. The van der Waals surface area contributed by atoms with Crippen LogP contribution in [0, 0.1) is 0 Å². The second kappa shape index (κ2) is 6.57. The zero-order valence-corrected chi connectivity index (χ0v) is 12.8. The van der Waals surface area contributed by atoms with E-state index in [-0.39, 0.29) is 17.9 Å². The van der Waals surface area contributed by atoms with E-state index in [2.05, 4.69) is 5.32 Å². The van der Waals surface area contributed by atoms with E-state index in [9.17, 15) is 9.59 Å². The summed E-state index contributed by atoms with van der Waals surface area (Å²) in [5, 5.41) is 2.85. The number of carbonyl (C=O) groups excluding carboxylic acids is 2. The fourth-order valence-corrected chi connectivity index (χ4v) is 2.54. The Morgan fingerprint density at radius 3 is 2.48 bits per heavy atom. The largest absolute Gasteiger partial charge is 0.339 e. The summed E-state index contributed by atoms with van der Waals surface area (Å²) in [4.78, 5) is 26.7. The number of hydrogen-bond donors (Lipinski definition) is 1. The standard InChI is InChI=1S/C17H22N2O2/c1-4-14-16(20)18-15(13-8-6-5-7-9-13)17(21)19(14)11-10-12(2)3/h5-10,14-15H,4,11H2,1-3H3,(H,18,20). The van der Waals surface area contributed by atoms with Crippen LogP contribution in [0.4, 0.5) is 0 Å². The average molecular weight is 286 g/mol. The smallest absolute Gasteiger partial charge is 0.250 e. The van der Waals surface area contributed by atoms with E-state index in [1.807, 2.05) is 57.2 Å². The van der Waals surface area contributed by atoms with Crippen molar-refractivity contribution in [2.24, 2.45) is 0 Å². The Kier molecular flexibility index (Phi) is 4.78. The van der Waals surface area contributed by atoms with Gasteiger partial charge in [0.25, 0.3) is 5.91 Å². The molecule has 2 unspecified atom stereocenters. The highest BCUT2D eigenvalue weighted by atomic mass is 16.2. The van der Waals surface area contributed by atoms with Crippen LogP contribution in [0.5, 0.6) is 0 Å². The maximum atomic E-state index is 12.7. The molecule has 1 fully saturated rings. The van der Waals surface area contributed by atoms with E-state index < -0.39 is 6.04 Å². The molecule has 112 valence electrons. The zero-order chi connectivity index (χ0) is 15.4. The van der Waals surface area contributed by atoms with Gasteiger partial charge < -0.3 is 10.2 Å². The van der Waals surface area contributed by atoms with Crippen LogP contribution in [0.1, 0.15) is 38.8 Å². The molecule has 0 aliphatic carbocycles. The predicted molar refractivity (Wildman–Crippen MR) is 82.5 cm³/mol. The molecule has 1 N–H and O–H groups in total. The maximum Gasteiger partial charge on any atom is 0.250 e. The molecular weight excluding hydrogens is 264 g/mol. The number of allylic oxidation sites excluding steroid dienone is 1. The highest BCUT2D eigenvalue weighted by Crippen LogP contribution is 2.23. The molecule has 1 aromatic rings. The minimum absolute atomic E-state index is 0.0369. The molecule has 1 aromatic carbocycles. The lowest BCUT2D eigenvalue weighted by Crippen LogP contribution is -2.59. The normalized spacial score (nSPS) is 22.0. The molecule has 0 spiro atoms. The van der Waals surface area contributed by atoms with Gasteiger partial charge in [-0.1, -0.05) is 48.9 Å². The van der Waals surface area contributed by atoms with E-state index >= 15 is 0 Å². The third kappa shape index (κ3) is 3.32. The molecular formula is C17H22N2O2. The summed E-state index contributed by atoms with van der Waals surface area (Å²) in [5.74, 6) is -0.113. The highest BCUT2D eigenvalue weighted by Gasteiger charge is 2.39. The van der Waals surface area contributed by atoms with Gasteiger partial charge in [0, 0.05) is 6.54 Å². The molecule has 0 bridgehead atoms. The topological polar surface area (TPSA) is 49.4 Å². The van der Waals surface area contributed by atoms with Crippen LogP contribution in [0.3, 0.4) is 0 Å². The van der Waals surface area contributed by atoms with Crippen molar-refractivity contribution in [3.05, 3.63) is 47.5 Å². The fourth-order valence-electron chi connectivity index (χ4n) is 2.54. The van der Waals surface area contributed by atoms with Gasteiger partial charge in [-0.05, 0) is 25.8 Å². The molecule has 2 rings (SSSR count). The summed E-state index contributed by atoms with van der Waals surface area (Å²) in [6.45, 7) is 6.39. The SMILES string of the molecule is CCC1C(=O)NC(c2ccccc2)C(=O)N1CC=C(C)C. The number of rotatable bonds is 4. The summed E-state index contributed by atoms with van der Waals surface area (Å²) in [7, 11) is 0. The lowest BCUT2D eigenvalue weighted by molar-refractivity contribution is -0.149. The molecule has 21 heavy (non-hydrogen) atoms. The minimum Gasteiger partial charge on any atom is -0.339 e. The van der Waals surface area contributed by atoms with Crippen molar-refractivity contribution in [2.75, 3.05) is 6.54 Å². The van der Waals surface area contributed by atoms with Gasteiger partial charge in [0.15, 0.2) is 0 Å². The van der Waals surface area contributed by atoms with Crippen molar-refractivity contribution in [3.8, 4) is 0 Å². The molecule has 4 heteroatoms. The van der Waals surface area contributed by atoms with Crippen molar-refractivity contribution in [2.45, 2.75) is 39.3 Å². The summed E-state index contributed by atoms with van der Waals surface area (Å²) >= 11 is 0. The predicted octanol–water partition coefficient (Wildman–Crippen LogP) is 2.43. The first-order chi connectivity index (χ1) is 10.0. The number of amides is 2. The average Bonchev–Trinajstić information content (AvgIpc) is 2.48. The fraction of sp³-hybridized carbons (Fsp3) is 0.412. The molecule has 1 aliphatic heterocycles. The number of nitrogens with one attached hydrogen (secondary N) is 1. The molecule has 1 aliphatic rings. The third-order valence-corrected chi connectivity index (χ3v) is 3.71. The van der Waals surface area contributed by atoms with Gasteiger partial charge in [0.05, 0.1) is 0 Å². The first-order valence-corrected chi connectivity index (χ1v) is 7.33. The van der Waals surface area contributed by atoms with Gasteiger partial charge in [-0.25, -0.2) is 0 Å². The lowest BCUT2D eigenvalue weighted by Gasteiger charge is -2.38. The summed E-state index contributed by atoms with van der Waals surface area (Å²) in [6, 6.07) is 8.43. The van der Waals surface area contributed by atoms with Gasteiger partial charge in [-0.2, -0.15) is 0 Å². The van der Waals surface area contributed by atoms with Gasteiger partial charge >= 0.3 is 0 Å². The number of piperazine rings is 1. The maximum absolute atomic E-state index is 12.7. The van der Waals surface area contributed by atoms with Crippen LogP contribution < -0.4 is 5.32 Å². The van der Waals surface area contributed by atoms with Crippen molar-refractivity contribution < 1.29 is 9.59 Å². The summed E-state index contributed by atoms with van der Waals surface area (Å²) < 4.78 is 0. The van der Waals surface area contributed by atoms with E-state index in [1.165, 1.54) is 0 Å². The van der Waals surface area contributed by atoms with Gasteiger partial charge in [-0.15, -0.1) is 0 Å². The number of benzene rings is 1. The number of nitrogens with zero attached hydrogens (tertiary/aromatic N) is 1. The number of carbonyl (C=O) groups is 2. The Labute approximate surface area is 125 Å². The van der Waals surface area contributed by atoms with Crippen LogP contribution in [-0.4, -0.2) is 29.3 Å². The quantitative estimate of drug-likeness (QED) is 0.864. The molecule has 1 heterocycles. The van der Waals surface area contributed by atoms with Crippen LogP contribution in [0.2, 0.25) is 0 Å². The molecule has 4 nitrogen and oxygen atoms in total. The monoisotopic (exact) mass is 286 g/mol. The first-order valence-electron chi connectivity index (χ1n) is 7.33. The van der Waals surface area contributed by atoms with E-state index in [0.717, 1.165) is 11.1 Å². The van der Waals surface area contributed by atoms with Crippen LogP contribution in [-0.2, 0) is 9.59 Å². The molecule has 2 atom stereocenters. The molecule has 1 saturated heterocycles. The van der Waals surface area contributed by atoms with E-state index in [0.29, 0.717) is 13.0 Å². The Bertz CT molecular complexity index is 547. The summed E-state index contributed by atoms with van der Waals surface area (Å²) in [6.07, 6.45) is 2.61. The lowest BCUT2D eigenvalue weighted by atomic mass is 9.99. The zero-order valence-electron chi connectivity index (χ0n) is 12.8. The first kappa shape index (κ1) is 15.3. The van der Waals surface area contributed by atoms with E-state index in [1.54, 1.807) is 4.90 Å². The van der Waals surface area contributed by atoms with Crippen LogP contribution in [0.15, 0.2) is 42.0 Å². The van der Waals surface area contributed by atoms with Crippen molar-refractivity contribution in [1.29, 1.82) is 0 Å². The molecule has 2 amide bonds. The second-order valence-electron chi connectivity index (χ2n) is 5.55. The van der Waals surface area contributed by atoms with Crippen molar-refractivity contribution >= 4 is 11.8 Å². The minimum atomic E-state index is -0.577. The third-order valence-electron chi connectivity index (χ3n) is 3.71.